The fraction of sp³-hybridized carbons (Fsp3) is 0. The summed E-state index contributed by atoms with van der Waals surface area (Å²) in [7, 11) is 0. The summed E-state index contributed by atoms with van der Waals surface area (Å²) in [4.78, 5) is 14.3. The molecule has 4 heteroatoms. The van der Waals surface area contributed by atoms with Gasteiger partial charge in [-0.3, -0.25) is 0 Å². The summed E-state index contributed by atoms with van der Waals surface area (Å²) in [6, 6.07) is 26.2. The second-order valence-corrected chi connectivity index (χ2v) is 12.0. The van der Waals surface area contributed by atoms with Crippen molar-refractivity contribution in [2.24, 2.45) is 0 Å². The molecule has 0 saturated carbocycles. The lowest BCUT2D eigenvalue weighted by molar-refractivity contribution is 0.670. The van der Waals surface area contributed by atoms with Crippen LogP contribution in [0.15, 0.2) is 180 Å². The first-order valence-electron chi connectivity index (χ1n) is 22.1. The van der Waals surface area contributed by atoms with Gasteiger partial charge in [0.25, 0.3) is 0 Å². The van der Waals surface area contributed by atoms with Gasteiger partial charge in [-0.05, 0) is 62.5 Å². The first-order chi connectivity index (χ1) is 30.2. The molecule has 0 amide bonds. The highest BCUT2D eigenvalue weighted by Gasteiger charge is 2.20. The summed E-state index contributed by atoms with van der Waals surface area (Å²) in [5, 5.41) is 4.36. The molecular formula is C47H29N3O. The number of hydrogen-bond acceptors (Lipinski definition) is 4. The molecule has 10 rings (SSSR count). The quantitative estimate of drug-likeness (QED) is 0.184. The second kappa shape index (κ2) is 11.9. The van der Waals surface area contributed by atoms with Gasteiger partial charge in [0.05, 0.1) is 16.4 Å². The maximum atomic E-state index is 9.26. The lowest BCUT2D eigenvalue weighted by Crippen LogP contribution is -2.00. The third-order valence-corrected chi connectivity index (χ3v) is 8.91. The SMILES string of the molecule is [2H]c1cc(-c2ccc3ccccc3c2)c2oc3ccc([2H])c(-c4nc(-c5ccc6cc(-c7c([2H])c([2H])c([2H])c([2H])c7[2H])ccc6c5)nc(-c5c([2H])c([2H])c([2H])c([2H])c5[2H])n4)c3c2c1. The van der Waals surface area contributed by atoms with E-state index in [1.165, 1.54) is 6.07 Å². The Morgan fingerprint density at radius 1 is 0.412 bits per heavy atom. The van der Waals surface area contributed by atoms with Gasteiger partial charge in [0.2, 0.25) is 0 Å². The van der Waals surface area contributed by atoms with Crippen LogP contribution in [0.5, 0.6) is 0 Å². The second-order valence-electron chi connectivity index (χ2n) is 12.0. The lowest BCUT2D eigenvalue weighted by Gasteiger charge is -2.10. The van der Waals surface area contributed by atoms with Gasteiger partial charge < -0.3 is 4.42 Å². The summed E-state index contributed by atoms with van der Waals surface area (Å²) < 4.78 is 109. The summed E-state index contributed by atoms with van der Waals surface area (Å²) in [6.07, 6.45) is 0. The van der Waals surface area contributed by atoms with Crippen LogP contribution in [0.2, 0.25) is 0 Å². The van der Waals surface area contributed by atoms with Crippen LogP contribution in [0.3, 0.4) is 0 Å². The molecule has 0 bridgehead atoms. The molecule has 0 aliphatic carbocycles. The molecule has 10 aromatic rings. The lowest BCUT2D eigenvalue weighted by atomic mass is 9.98. The monoisotopic (exact) mass is 663 g/mol. The van der Waals surface area contributed by atoms with E-state index in [1.807, 2.05) is 42.5 Å². The average molecular weight is 664 g/mol. The van der Waals surface area contributed by atoms with Crippen LogP contribution in [-0.2, 0) is 0 Å². The van der Waals surface area contributed by atoms with Crippen molar-refractivity contribution in [1.29, 1.82) is 0 Å². The van der Waals surface area contributed by atoms with E-state index in [0.29, 0.717) is 49.4 Å². The standard InChI is InChI=1S/C47H29N3O/c1-3-11-30(12-4-1)34-22-23-36-29-38(26-24-35(36)27-34)46-48-45(32-14-5-2-6-15-32)49-47(50-46)41-19-10-20-42-43(41)40-18-9-17-39(44(40)51-42)37-25-21-31-13-7-8-16-33(31)28-37/h1-29H/i1D,2D,3D,4D,5D,6D,9D,11D,12D,14D,15D,19D. The minimum atomic E-state index is -0.586. The van der Waals surface area contributed by atoms with Gasteiger partial charge in [0.1, 0.15) is 11.2 Å². The minimum Gasteiger partial charge on any atom is -0.455 e. The van der Waals surface area contributed by atoms with Crippen molar-refractivity contribution >= 4 is 43.5 Å². The Morgan fingerprint density at radius 2 is 1.02 bits per heavy atom. The molecule has 0 radical (unpaired) electrons. The fourth-order valence-electron chi connectivity index (χ4n) is 6.49. The number of furan rings is 1. The molecule has 0 spiro atoms. The van der Waals surface area contributed by atoms with Crippen molar-refractivity contribution in [2.75, 3.05) is 0 Å². The largest absolute Gasteiger partial charge is 0.455 e. The van der Waals surface area contributed by atoms with E-state index in [4.69, 9.17) is 34.4 Å². The Labute approximate surface area is 311 Å². The first-order valence-corrected chi connectivity index (χ1v) is 16.1. The zero-order chi connectivity index (χ0) is 44.2. The predicted octanol–water partition coefficient (Wildman–Crippen LogP) is 12.4. The average Bonchev–Trinajstić information content (AvgIpc) is 3.66. The summed E-state index contributed by atoms with van der Waals surface area (Å²) >= 11 is 0. The molecule has 0 atom stereocenters. The molecule has 0 fully saturated rings. The van der Waals surface area contributed by atoms with E-state index in [9.17, 15) is 1.37 Å². The molecule has 4 nitrogen and oxygen atoms in total. The van der Waals surface area contributed by atoms with Crippen molar-refractivity contribution in [2.45, 2.75) is 0 Å². The van der Waals surface area contributed by atoms with E-state index in [1.54, 1.807) is 54.6 Å². The van der Waals surface area contributed by atoms with Gasteiger partial charge in [0.15, 0.2) is 17.5 Å². The maximum Gasteiger partial charge on any atom is 0.164 e. The van der Waals surface area contributed by atoms with Crippen LogP contribution in [0, 0.1) is 0 Å². The van der Waals surface area contributed by atoms with Crippen LogP contribution in [0.4, 0.5) is 0 Å². The van der Waals surface area contributed by atoms with Crippen LogP contribution in [-0.4, -0.2) is 15.0 Å². The van der Waals surface area contributed by atoms with E-state index < -0.39 is 48.3 Å². The number of fused-ring (bicyclic) bond motifs is 5. The van der Waals surface area contributed by atoms with Crippen LogP contribution < -0.4 is 0 Å². The van der Waals surface area contributed by atoms with E-state index in [-0.39, 0.29) is 58.3 Å². The Bertz CT molecular complexity index is 3570. The predicted molar refractivity (Wildman–Crippen MR) is 209 cm³/mol. The molecule has 0 saturated heterocycles. The van der Waals surface area contributed by atoms with E-state index in [2.05, 4.69) is 0 Å². The van der Waals surface area contributed by atoms with Gasteiger partial charge in [-0.25, -0.2) is 15.0 Å². The zero-order valence-electron chi connectivity index (χ0n) is 38.6. The van der Waals surface area contributed by atoms with Gasteiger partial charge >= 0.3 is 0 Å². The molecule has 0 aliphatic rings. The summed E-state index contributed by atoms with van der Waals surface area (Å²) in [5.41, 5.74) is 3.21. The molecule has 0 N–H and O–H groups in total. The van der Waals surface area contributed by atoms with Crippen LogP contribution in [0.1, 0.15) is 16.4 Å². The smallest absolute Gasteiger partial charge is 0.164 e. The highest BCUT2D eigenvalue weighted by molar-refractivity contribution is 6.15. The minimum absolute atomic E-state index is 0.00399. The summed E-state index contributed by atoms with van der Waals surface area (Å²) in [6.45, 7) is 0. The van der Waals surface area contributed by atoms with Gasteiger partial charge in [-0.2, -0.15) is 0 Å². The van der Waals surface area contributed by atoms with Crippen LogP contribution in [0.25, 0.3) is 99.9 Å². The number of nitrogens with zero attached hydrogens (tertiary/aromatic N) is 3. The Balaban J connectivity index is 1.20. The van der Waals surface area contributed by atoms with Gasteiger partial charge in [0, 0.05) is 33.0 Å². The third kappa shape index (κ3) is 5.13. The molecule has 238 valence electrons. The summed E-state index contributed by atoms with van der Waals surface area (Å²) in [5.74, 6) is -0.217. The Morgan fingerprint density at radius 3 is 1.82 bits per heavy atom. The number of para-hydroxylation sites is 1. The highest BCUT2D eigenvalue weighted by Crippen LogP contribution is 2.41. The van der Waals surface area contributed by atoms with Crippen molar-refractivity contribution in [1.82, 2.24) is 15.0 Å². The van der Waals surface area contributed by atoms with Crippen molar-refractivity contribution in [3.05, 3.63) is 176 Å². The number of rotatable bonds is 5. The molecular weight excluding hydrogens is 623 g/mol. The maximum absolute atomic E-state index is 9.26. The third-order valence-electron chi connectivity index (χ3n) is 8.91. The molecule has 2 aromatic heterocycles. The molecule has 2 heterocycles. The number of hydrogen-bond donors (Lipinski definition) is 0. The van der Waals surface area contributed by atoms with Crippen molar-refractivity contribution < 1.29 is 20.9 Å². The molecule has 8 aromatic carbocycles. The molecule has 0 aliphatic heterocycles. The Hall–Kier alpha value is -6.91. The van der Waals surface area contributed by atoms with E-state index in [0.717, 1.165) is 16.3 Å². The molecule has 51 heavy (non-hydrogen) atoms. The van der Waals surface area contributed by atoms with Crippen molar-refractivity contribution in [3.8, 4) is 56.4 Å². The Kier molecular flexibility index (Phi) is 4.51. The topological polar surface area (TPSA) is 51.8 Å². The molecule has 0 unspecified atom stereocenters. The number of benzene rings is 8. The highest BCUT2D eigenvalue weighted by atomic mass is 16.3. The zero-order valence-corrected chi connectivity index (χ0v) is 26.6. The van der Waals surface area contributed by atoms with Gasteiger partial charge in [-0.1, -0.05) is 151 Å². The van der Waals surface area contributed by atoms with E-state index >= 15 is 0 Å². The fourth-order valence-corrected chi connectivity index (χ4v) is 6.49. The van der Waals surface area contributed by atoms with Gasteiger partial charge in [-0.15, -0.1) is 0 Å². The normalized spacial score (nSPS) is 14.8. The number of aromatic nitrogens is 3. The van der Waals surface area contributed by atoms with Crippen LogP contribution >= 0.6 is 0 Å². The first kappa shape index (κ1) is 19.3. The van der Waals surface area contributed by atoms with Crippen molar-refractivity contribution in [3.63, 3.8) is 0 Å².